The molecule has 3 N–H and O–H groups in total. The lowest BCUT2D eigenvalue weighted by molar-refractivity contribution is -0.146. The predicted molar refractivity (Wildman–Crippen MR) is 139 cm³/mol. The van der Waals surface area contributed by atoms with E-state index in [4.69, 9.17) is 0 Å². The summed E-state index contributed by atoms with van der Waals surface area (Å²) in [6.07, 6.45) is 4.62. The van der Waals surface area contributed by atoms with Gasteiger partial charge in [0.2, 0.25) is 11.8 Å². The number of anilines is 2. The fourth-order valence-corrected chi connectivity index (χ4v) is 6.96. The molecule has 4 atom stereocenters. The van der Waals surface area contributed by atoms with Crippen LogP contribution in [0.15, 0.2) is 52.9 Å². The van der Waals surface area contributed by atoms with Crippen LogP contribution in [0.4, 0.5) is 11.4 Å². The van der Waals surface area contributed by atoms with Crippen molar-refractivity contribution >= 4 is 62.5 Å². The summed E-state index contributed by atoms with van der Waals surface area (Å²) in [7, 11) is 0. The van der Waals surface area contributed by atoms with Crippen LogP contribution < -0.4 is 10.6 Å². The zero-order valence-electron chi connectivity index (χ0n) is 19.3. The summed E-state index contributed by atoms with van der Waals surface area (Å²) in [4.78, 5) is 41.7. The van der Waals surface area contributed by atoms with E-state index in [0.717, 1.165) is 37.8 Å². The first-order valence-electron chi connectivity index (χ1n) is 11.4. The number of allylic oxidation sites excluding steroid dienone is 2. The molecule has 1 fully saturated rings. The van der Waals surface area contributed by atoms with Crippen LogP contribution in [0.1, 0.15) is 17.5 Å². The number of aromatic nitrogens is 1. The van der Waals surface area contributed by atoms with Crippen LogP contribution in [0.25, 0.3) is 10.2 Å². The van der Waals surface area contributed by atoms with Gasteiger partial charge in [0.1, 0.15) is 0 Å². The molecular formula is C26H25N3O4S2. The van der Waals surface area contributed by atoms with Crippen LogP contribution in [0.3, 0.4) is 0 Å². The molecule has 2 aliphatic rings. The second-order valence-electron chi connectivity index (χ2n) is 9.14. The molecule has 9 heteroatoms. The number of hydrogen-bond donors (Lipinski definition) is 3. The molecule has 0 spiro atoms. The topological polar surface area (TPSA) is 108 Å². The predicted octanol–water partition coefficient (Wildman–Crippen LogP) is 5.11. The number of carbonyl (C=O) groups excluding carboxylic acids is 2. The number of carboxylic acids is 1. The third-order valence-electron chi connectivity index (χ3n) is 6.67. The van der Waals surface area contributed by atoms with Crippen molar-refractivity contribution in [2.75, 3.05) is 16.4 Å². The van der Waals surface area contributed by atoms with Crippen molar-refractivity contribution in [2.24, 2.45) is 23.7 Å². The number of benzene rings is 2. The van der Waals surface area contributed by atoms with Gasteiger partial charge in [-0.05, 0) is 61.9 Å². The highest BCUT2D eigenvalue weighted by Gasteiger charge is 2.51. The SMILES string of the molecule is Cc1ccc(NC(=O)CSc2nc3ccc(NC(=O)[C@H]4[C@H](C(=O)O)[C@H]5C=C[C@H]4C5)cc3s2)c(C)c1. The average molecular weight is 508 g/mol. The summed E-state index contributed by atoms with van der Waals surface area (Å²) in [6.45, 7) is 3.98. The van der Waals surface area contributed by atoms with Crippen LogP contribution in [-0.4, -0.2) is 33.6 Å². The molecule has 2 amide bonds. The van der Waals surface area contributed by atoms with Crippen LogP contribution in [0, 0.1) is 37.5 Å². The Morgan fingerprint density at radius 1 is 1.06 bits per heavy atom. The van der Waals surface area contributed by atoms with Crippen molar-refractivity contribution < 1.29 is 19.5 Å². The van der Waals surface area contributed by atoms with Gasteiger partial charge < -0.3 is 15.7 Å². The van der Waals surface area contributed by atoms with E-state index in [0.29, 0.717) is 5.69 Å². The van der Waals surface area contributed by atoms with Gasteiger partial charge in [-0.2, -0.15) is 0 Å². The van der Waals surface area contributed by atoms with Gasteiger partial charge in [-0.1, -0.05) is 41.6 Å². The van der Waals surface area contributed by atoms with Gasteiger partial charge in [0, 0.05) is 11.4 Å². The number of aliphatic carboxylic acids is 1. The van der Waals surface area contributed by atoms with Gasteiger partial charge in [-0.3, -0.25) is 14.4 Å². The van der Waals surface area contributed by atoms with E-state index in [1.165, 1.54) is 23.1 Å². The molecule has 1 saturated carbocycles. The molecule has 1 heterocycles. The molecule has 7 nitrogen and oxygen atoms in total. The van der Waals surface area contributed by atoms with E-state index in [-0.39, 0.29) is 29.4 Å². The third kappa shape index (κ3) is 4.83. The maximum absolute atomic E-state index is 13.0. The lowest BCUT2D eigenvalue weighted by atomic mass is 9.82. The number of nitrogens with zero attached hydrogens (tertiary/aromatic N) is 1. The second kappa shape index (κ2) is 9.47. The molecule has 0 unspecified atom stereocenters. The molecule has 2 aliphatic carbocycles. The first-order valence-corrected chi connectivity index (χ1v) is 13.2. The van der Waals surface area contributed by atoms with Crippen molar-refractivity contribution in [3.8, 4) is 0 Å². The molecule has 0 saturated heterocycles. The van der Waals surface area contributed by atoms with Crippen LogP contribution >= 0.6 is 23.1 Å². The minimum absolute atomic E-state index is 0.0221. The number of hydrogen-bond acceptors (Lipinski definition) is 6. The Hall–Kier alpha value is -3.17. The quantitative estimate of drug-likeness (QED) is 0.303. The Morgan fingerprint density at radius 2 is 1.83 bits per heavy atom. The summed E-state index contributed by atoms with van der Waals surface area (Å²) in [5.74, 6) is -2.34. The second-order valence-corrected chi connectivity index (χ2v) is 11.4. The fraction of sp³-hybridized carbons (Fsp3) is 0.308. The first-order chi connectivity index (χ1) is 16.8. The van der Waals surface area contributed by atoms with Crippen molar-refractivity contribution in [3.63, 3.8) is 0 Å². The summed E-state index contributed by atoms with van der Waals surface area (Å²) < 4.78 is 1.66. The molecule has 2 bridgehead atoms. The Bertz CT molecular complexity index is 1370. The number of amides is 2. The molecule has 1 aromatic heterocycles. The molecule has 35 heavy (non-hydrogen) atoms. The number of carbonyl (C=O) groups is 3. The molecule has 5 rings (SSSR count). The molecule has 2 aromatic carbocycles. The minimum Gasteiger partial charge on any atom is -0.481 e. The highest BCUT2D eigenvalue weighted by atomic mass is 32.2. The zero-order chi connectivity index (χ0) is 24.7. The zero-order valence-corrected chi connectivity index (χ0v) is 20.9. The molecule has 0 radical (unpaired) electrons. The standard InChI is InChI=1S/C26H25N3O4S2/c1-13-3-7-18(14(2)9-13)28-21(30)12-34-26-29-19-8-6-17(11-20(19)35-26)27-24(31)22-15-4-5-16(10-15)23(22)25(32)33/h3-9,11,15-16,22-23H,10,12H2,1-2H3,(H,27,31)(H,28,30)(H,32,33)/t15-,16-,22+,23+/m0/s1. The summed E-state index contributed by atoms with van der Waals surface area (Å²) in [6, 6.07) is 11.4. The summed E-state index contributed by atoms with van der Waals surface area (Å²) in [5, 5.41) is 15.5. The van der Waals surface area contributed by atoms with Crippen molar-refractivity contribution in [3.05, 3.63) is 59.7 Å². The number of thiazole rings is 1. The highest BCUT2D eigenvalue weighted by molar-refractivity contribution is 8.01. The average Bonchev–Trinajstić information content (AvgIpc) is 3.53. The Morgan fingerprint density at radius 3 is 2.57 bits per heavy atom. The normalized spacial score (nSPS) is 22.5. The van der Waals surface area contributed by atoms with Gasteiger partial charge in [0.15, 0.2) is 4.34 Å². The Kier molecular flexibility index (Phi) is 6.37. The van der Waals surface area contributed by atoms with E-state index >= 15 is 0 Å². The molecule has 3 aromatic rings. The summed E-state index contributed by atoms with van der Waals surface area (Å²) in [5.41, 5.74) is 4.38. The van der Waals surface area contributed by atoms with Crippen LogP contribution in [0.2, 0.25) is 0 Å². The van der Waals surface area contributed by atoms with Gasteiger partial charge in [-0.25, -0.2) is 4.98 Å². The van der Waals surface area contributed by atoms with Gasteiger partial charge in [0.25, 0.3) is 0 Å². The molecule has 180 valence electrons. The number of nitrogens with one attached hydrogen (secondary N) is 2. The Labute approximate surface area is 211 Å². The largest absolute Gasteiger partial charge is 0.481 e. The lowest BCUT2D eigenvalue weighted by Gasteiger charge is -2.23. The maximum Gasteiger partial charge on any atom is 0.307 e. The van der Waals surface area contributed by atoms with Crippen molar-refractivity contribution in [1.82, 2.24) is 4.98 Å². The number of carboxylic acid groups (broad SMARTS) is 1. The Balaban J connectivity index is 1.22. The van der Waals surface area contributed by atoms with E-state index in [1.807, 2.05) is 56.3 Å². The number of thioether (sulfide) groups is 1. The molecule has 0 aliphatic heterocycles. The first kappa shape index (κ1) is 23.6. The van der Waals surface area contributed by atoms with E-state index in [9.17, 15) is 19.5 Å². The highest BCUT2D eigenvalue weighted by Crippen LogP contribution is 2.48. The number of aryl methyl sites for hydroxylation is 2. The monoisotopic (exact) mass is 507 g/mol. The van der Waals surface area contributed by atoms with E-state index in [1.54, 1.807) is 6.07 Å². The van der Waals surface area contributed by atoms with Gasteiger partial charge in [0.05, 0.1) is 27.8 Å². The minimum atomic E-state index is -0.914. The number of fused-ring (bicyclic) bond motifs is 3. The summed E-state index contributed by atoms with van der Waals surface area (Å²) >= 11 is 2.83. The van der Waals surface area contributed by atoms with Crippen molar-refractivity contribution in [1.29, 1.82) is 0 Å². The van der Waals surface area contributed by atoms with E-state index < -0.39 is 17.8 Å². The lowest BCUT2D eigenvalue weighted by Crippen LogP contribution is -2.36. The van der Waals surface area contributed by atoms with E-state index in [2.05, 4.69) is 15.6 Å². The molecular weight excluding hydrogens is 482 g/mol. The van der Waals surface area contributed by atoms with Gasteiger partial charge in [-0.15, -0.1) is 11.3 Å². The van der Waals surface area contributed by atoms with Crippen LogP contribution in [-0.2, 0) is 14.4 Å². The number of rotatable bonds is 7. The van der Waals surface area contributed by atoms with Crippen molar-refractivity contribution in [2.45, 2.75) is 24.6 Å². The van der Waals surface area contributed by atoms with Gasteiger partial charge >= 0.3 is 5.97 Å². The smallest absolute Gasteiger partial charge is 0.307 e. The maximum atomic E-state index is 13.0. The fourth-order valence-electron chi connectivity index (χ4n) is 5.05. The van der Waals surface area contributed by atoms with Crippen LogP contribution in [0.5, 0.6) is 0 Å². The third-order valence-corrected chi connectivity index (χ3v) is 8.83.